The predicted octanol–water partition coefficient (Wildman–Crippen LogP) is 1.21. The van der Waals surface area contributed by atoms with Crippen LogP contribution in [0, 0.1) is 0 Å². The summed E-state index contributed by atoms with van der Waals surface area (Å²) in [5, 5.41) is 0. The number of amides is 1. The minimum absolute atomic E-state index is 0.299. The Morgan fingerprint density at radius 2 is 1.84 bits per heavy atom. The first-order chi connectivity index (χ1) is 8.87. The molecular formula is C12H22F3N3O. The molecule has 0 bridgehead atoms. The highest BCUT2D eigenvalue weighted by Crippen LogP contribution is 2.22. The lowest BCUT2D eigenvalue weighted by Gasteiger charge is -2.38. The van der Waals surface area contributed by atoms with Crippen molar-refractivity contribution in [3.05, 3.63) is 0 Å². The fraction of sp³-hybridized carbons (Fsp3) is 0.917. The average Bonchev–Trinajstić information content (AvgIpc) is 2.37. The maximum absolute atomic E-state index is 12.0. The Morgan fingerprint density at radius 1 is 1.26 bits per heavy atom. The molecule has 0 aromatic carbocycles. The third kappa shape index (κ3) is 5.36. The lowest BCUT2D eigenvalue weighted by atomic mass is 10.1. The first-order valence-corrected chi connectivity index (χ1v) is 6.66. The number of halogens is 3. The van der Waals surface area contributed by atoms with E-state index in [9.17, 15) is 18.0 Å². The van der Waals surface area contributed by atoms with Crippen LogP contribution in [0.3, 0.4) is 0 Å². The van der Waals surface area contributed by atoms with Gasteiger partial charge in [0.05, 0.1) is 6.42 Å². The molecule has 0 aromatic rings. The molecule has 1 saturated heterocycles. The zero-order chi connectivity index (χ0) is 14.5. The van der Waals surface area contributed by atoms with Gasteiger partial charge in [-0.15, -0.1) is 0 Å². The van der Waals surface area contributed by atoms with Gasteiger partial charge in [-0.1, -0.05) is 6.92 Å². The molecule has 19 heavy (non-hydrogen) atoms. The third-order valence-electron chi connectivity index (χ3n) is 3.55. The number of piperazine rings is 1. The van der Waals surface area contributed by atoms with Gasteiger partial charge >= 0.3 is 6.18 Å². The topological polar surface area (TPSA) is 49.6 Å². The minimum Gasteiger partial charge on any atom is -0.340 e. The Bertz CT molecular complexity index is 284. The van der Waals surface area contributed by atoms with Crippen molar-refractivity contribution < 1.29 is 18.0 Å². The second-order valence-corrected chi connectivity index (χ2v) is 4.83. The van der Waals surface area contributed by atoms with E-state index in [2.05, 4.69) is 11.8 Å². The van der Waals surface area contributed by atoms with Crippen LogP contribution in [0.15, 0.2) is 0 Å². The van der Waals surface area contributed by atoms with Gasteiger partial charge < -0.3 is 10.6 Å². The molecule has 0 aromatic heterocycles. The summed E-state index contributed by atoms with van der Waals surface area (Å²) >= 11 is 0. The molecule has 0 spiro atoms. The molecule has 1 rings (SSSR count). The molecule has 0 saturated carbocycles. The van der Waals surface area contributed by atoms with Crippen molar-refractivity contribution in [2.75, 3.05) is 32.7 Å². The molecule has 4 nitrogen and oxygen atoms in total. The van der Waals surface area contributed by atoms with E-state index < -0.39 is 24.9 Å². The van der Waals surface area contributed by atoms with Gasteiger partial charge in [0.1, 0.15) is 0 Å². The van der Waals surface area contributed by atoms with Gasteiger partial charge in [-0.05, 0) is 6.42 Å². The van der Waals surface area contributed by atoms with Crippen LogP contribution in [0.2, 0.25) is 0 Å². The standard InChI is InChI=1S/C12H22F3N3O/c1-2-10(9-16)17-5-7-18(8-6-17)11(19)3-4-12(13,14)15/h10H,2-9,16H2,1H3. The normalized spacial score (nSPS) is 19.5. The summed E-state index contributed by atoms with van der Waals surface area (Å²) in [6.45, 7) is 4.98. The Labute approximate surface area is 111 Å². The number of rotatable bonds is 5. The summed E-state index contributed by atoms with van der Waals surface area (Å²) in [5.41, 5.74) is 5.66. The molecular weight excluding hydrogens is 259 g/mol. The SMILES string of the molecule is CCC(CN)N1CCN(C(=O)CCC(F)(F)F)CC1. The van der Waals surface area contributed by atoms with Crippen LogP contribution in [0.5, 0.6) is 0 Å². The first-order valence-electron chi connectivity index (χ1n) is 6.66. The molecule has 1 atom stereocenters. The number of carbonyl (C=O) groups excluding carboxylic acids is 1. The summed E-state index contributed by atoms with van der Waals surface area (Å²) in [7, 11) is 0. The van der Waals surface area contributed by atoms with Gasteiger partial charge in [0, 0.05) is 45.2 Å². The Kier molecular flexibility index (Phi) is 6.06. The molecule has 1 fully saturated rings. The van der Waals surface area contributed by atoms with Crippen LogP contribution >= 0.6 is 0 Å². The summed E-state index contributed by atoms with van der Waals surface area (Å²) in [6.07, 6.45) is -4.80. The Morgan fingerprint density at radius 3 is 2.26 bits per heavy atom. The minimum atomic E-state index is -4.26. The average molecular weight is 281 g/mol. The second-order valence-electron chi connectivity index (χ2n) is 4.83. The fourth-order valence-corrected chi connectivity index (χ4v) is 2.32. The summed E-state index contributed by atoms with van der Waals surface area (Å²) in [4.78, 5) is 15.4. The van der Waals surface area contributed by atoms with E-state index in [1.54, 1.807) is 0 Å². The van der Waals surface area contributed by atoms with Gasteiger partial charge in [0.2, 0.25) is 5.91 Å². The van der Waals surface area contributed by atoms with E-state index in [4.69, 9.17) is 5.73 Å². The first kappa shape index (κ1) is 16.2. The van der Waals surface area contributed by atoms with Crippen LogP contribution in [0.25, 0.3) is 0 Å². The molecule has 1 heterocycles. The molecule has 0 radical (unpaired) electrons. The number of hydrogen-bond donors (Lipinski definition) is 1. The van der Waals surface area contributed by atoms with Crippen molar-refractivity contribution >= 4 is 5.91 Å². The third-order valence-corrected chi connectivity index (χ3v) is 3.55. The number of nitrogens with zero attached hydrogens (tertiary/aromatic N) is 2. The molecule has 112 valence electrons. The van der Waals surface area contributed by atoms with Crippen molar-refractivity contribution in [3.8, 4) is 0 Å². The van der Waals surface area contributed by atoms with Gasteiger partial charge in [0.25, 0.3) is 0 Å². The number of nitrogens with two attached hydrogens (primary N) is 1. The van der Waals surface area contributed by atoms with Crippen LogP contribution in [-0.2, 0) is 4.79 Å². The maximum atomic E-state index is 12.0. The van der Waals surface area contributed by atoms with Gasteiger partial charge in [0.15, 0.2) is 0 Å². The second kappa shape index (κ2) is 7.09. The van der Waals surface area contributed by atoms with Crippen molar-refractivity contribution in [2.45, 2.75) is 38.4 Å². The fourth-order valence-electron chi connectivity index (χ4n) is 2.32. The van der Waals surface area contributed by atoms with Crippen molar-refractivity contribution in [2.24, 2.45) is 5.73 Å². The van der Waals surface area contributed by atoms with E-state index in [0.717, 1.165) is 6.42 Å². The van der Waals surface area contributed by atoms with E-state index in [1.807, 2.05) is 0 Å². The van der Waals surface area contributed by atoms with Crippen LogP contribution in [0.1, 0.15) is 26.2 Å². The Balaban J connectivity index is 2.35. The van der Waals surface area contributed by atoms with Gasteiger partial charge in [-0.3, -0.25) is 9.69 Å². The summed E-state index contributed by atoms with van der Waals surface area (Å²) in [6, 6.07) is 0.299. The lowest BCUT2D eigenvalue weighted by molar-refractivity contribution is -0.150. The summed E-state index contributed by atoms with van der Waals surface area (Å²) < 4.78 is 36.1. The molecule has 7 heteroatoms. The molecule has 2 N–H and O–H groups in total. The van der Waals surface area contributed by atoms with Gasteiger partial charge in [-0.25, -0.2) is 0 Å². The maximum Gasteiger partial charge on any atom is 0.389 e. The summed E-state index contributed by atoms with van der Waals surface area (Å²) in [5.74, 6) is -0.405. The molecule has 1 aliphatic heterocycles. The van der Waals surface area contributed by atoms with Crippen LogP contribution in [0.4, 0.5) is 13.2 Å². The zero-order valence-corrected chi connectivity index (χ0v) is 11.2. The smallest absolute Gasteiger partial charge is 0.340 e. The predicted molar refractivity (Wildman–Crippen MR) is 66.6 cm³/mol. The van der Waals surface area contributed by atoms with E-state index in [1.165, 1.54) is 4.90 Å². The van der Waals surface area contributed by atoms with E-state index in [-0.39, 0.29) is 0 Å². The molecule has 1 amide bonds. The molecule has 1 unspecified atom stereocenters. The quantitative estimate of drug-likeness (QED) is 0.824. The largest absolute Gasteiger partial charge is 0.389 e. The highest BCUT2D eigenvalue weighted by Gasteiger charge is 2.30. The van der Waals surface area contributed by atoms with E-state index >= 15 is 0 Å². The van der Waals surface area contributed by atoms with Crippen molar-refractivity contribution in [1.82, 2.24) is 9.80 Å². The number of carbonyl (C=O) groups is 1. The number of hydrogen-bond acceptors (Lipinski definition) is 3. The zero-order valence-electron chi connectivity index (χ0n) is 11.2. The highest BCUT2D eigenvalue weighted by atomic mass is 19.4. The Hall–Kier alpha value is -0.820. The number of alkyl halides is 3. The van der Waals surface area contributed by atoms with Crippen molar-refractivity contribution in [3.63, 3.8) is 0 Å². The van der Waals surface area contributed by atoms with Crippen LogP contribution < -0.4 is 5.73 Å². The van der Waals surface area contributed by atoms with Crippen molar-refractivity contribution in [1.29, 1.82) is 0 Å². The highest BCUT2D eigenvalue weighted by molar-refractivity contribution is 5.76. The monoisotopic (exact) mass is 281 g/mol. The molecule has 0 aliphatic carbocycles. The van der Waals surface area contributed by atoms with E-state index in [0.29, 0.717) is 38.8 Å². The van der Waals surface area contributed by atoms with Crippen LogP contribution in [-0.4, -0.2) is 60.6 Å². The molecule has 1 aliphatic rings. The van der Waals surface area contributed by atoms with Gasteiger partial charge in [-0.2, -0.15) is 13.2 Å². The lowest BCUT2D eigenvalue weighted by Crippen LogP contribution is -2.53.